The van der Waals surface area contributed by atoms with Gasteiger partial charge in [-0.2, -0.15) is 0 Å². The molecule has 3 aromatic rings. The van der Waals surface area contributed by atoms with Gasteiger partial charge in [0, 0.05) is 19.1 Å². The highest BCUT2D eigenvalue weighted by Gasteiger charge is 2.34. The van der Waals surface area contributed by atoms with Gasteiger partial charge in [-0.25, -0.2) is 0 Å². The molecular formula is C27H31NO3. The van der Waals surface area contributed by atoms with E-state index in [1.165, 1.54) is 7.11 Å². The zero-order valence-electron chi connectivity index (χ0n) is 18.2. The zero-order valence-corrected chi connectivity index (χ0v) is 18.2. The number of hydrogen-bond donors (Lipinski definition) is 1. The van der Waals surface area contributed by atoms with E-state index in [4.69, 9.17) is 4.74 Å². The summed E-state index contributed by atoms with van der Waals surface area (Å²) < 4.78 is 4.93. The molecule has 0 spiro atoms. The lowest BCUT2D eigenvalue weighted by molar-refractivity contribution is -0.150. The molecular weight excluding hydrogens is 386 g/mol. The normalized spacial score (nSPS) is 14.1. The molecule has 0 saturated heterocycles. The number of carbonyl (C=O) groups excluding carboxylic acids is 1. The molecule has 3 aromatic carbocycles. The maximum atomic E-state index is 12.2. The van der Waals surface area contributed by atoms with Gasteiger partial charge in [0.05, 0.1) is 19.1 Å². The van der Waals surface area contributed by atoms with E-state index in [-0.39, 0.29) is 6.04 Å². The van der Waals surface area contributed by atoms with Gasteiger partial charge in [-0.05, 0) is 30.0 Å². The van der Waals surface area contributed by atoms with Crippen LogP contribution in [0.1, 0.15) is 23.6 Å². The first-order valence-electron chi connectivity index (χ1n) is 10.7. The number of aliphatic hydroxyl groups excluding tert-OH is 1. The summed E-state index contributed by atoms with van der Waals surface area (Å²) in [5.41, 5.74) is 3.44. The predicted octanol–water partition coefficient (Wildman–Crippen LogP) is 4.47. The van der Waals surface area contributed by atoms with Crippen molar-refractivity contribution in [3.8, 4) is 0 Å². The number of esters is 1. The Morgan fingerprint density at radius 1 is 0.806 bits per heavy atom. The second kappa shape index (κ2) is 11.4. The van der Waals surface area contributed by atoms with Crippen molar-refractivity contribution in [3.63, 3.8) is 0 Å². The first-order chi connectivity index (χ1) is 15.1. The molecule has 1 N–H and O–H groups in total. The van der Waals surface area contributed by atoms with Gasteiger partial charge < -0.3 is 9.84 Å². The minimum Gasteiger partial charge on any atom is -0.469 e. The van der Waals surface area contributed by atoms with Gasteiger partial charge >= 0.3 is 5.97 Å². The molecule has 2 unspecified atom stereocenters. The lowest BCUT2D eigenvalue weighted by Crippen LogP contribution is -2.48. The average Bonchev–Trinajstić information content (AvgIpc) is 2.82. The van der Waals surface area contributed by atoms with Crippen molar-refractivity contribution in [2.24, 2.45) is 5.92 Å². The van der Waals surface area contributed by atoms with Crippen molar-refractivity contribution >= 4 is 5.97 Å². The third kappa shape index (κ3) is 6.51. The number of methoxy groups -OCH3 is 1. The van der Waals surface area contributed by atoms with Gasteiger partial charge in [-0.1, -0.05) is 91.0 Å². The molecule has 0 aromatic heterocycles. The van der Waals surface area contributed by atoms with Gasteiger partial charge in [0.25, 0.3) is 0 Å². The van der Waals surface area contributed by atoms with Gasteiger partial charge in [-0.3, -0.25) is 9.69 Å². The van der Waals surface area contributed by atoms with Crippen molar-refractivity contribution < 1.29 is 14.6 Å². The van der Waals surface area contributed by atoms with Crippen LogP contribution in [-0.2, 0) is 29.0 Å². The van der Waals surface area contributed by atoms with Crippen molar-refractivity contribution in [3.05, 3.63) is 108 Å². The van der Waals surface area contributed by atoms with Crippen LogP contribution in [0.2, 0.25) is 0 Å². The van der Waals surface area contributed by atoms with Crippen molar-refractivity contribution in [1.29, 1.82) is 0 Å². The Morgan fingerprint density at radius 2 is 1.23 bits per heavy atom. The Hall–Kier alpha value is -2.95. The fourth-order valence-electron chi connectivity index (χ4n) is 3.91. The van der Waals surface area contributed by atoms with Crippen molar-refractivity contribution in [2.75, 3.05) is 7.11 Å². The van der Waals surface area contributed by atoms with Crippen LogP contribution >= 0.6 is 0 Å². The van der Waals surface area contributed by atoms with Crippen LogP contribution in [0.4, 0.5) is 0 Å². The molecule has 0 fully saturated rings. The molecule has 162 valence electrons. The van der Waals surface area contributed by atoms with Crippen LogP contribution < -0.4 is 0 Å². The molecule has 3 rings (SSSR count). The number of ether oxygens (including phenoxy) is 1. The van der Waals surface area contributed by atoms with Gasteiger partial charge in [0.2, 0.25) is 0 Å². The molecule has 3 atom stereocenters. The Bertz CT molecular complexity index is 873. The van der Waals surface area contributed by atoms with E-state index >= 15 is 0 Å². The summed E-state index contributed by atoms with van der Waals surface area (Å²) in [5, 5.41) is 11.3. The van der Waals surface area contributed by atoms with E-state index in [1.54, 1.807) is 6.92 Å². The highest BCUT2D eigenvalue weighted by atomic mass is 16.5. The molecule has 0 amide bonds. The lowest BCUT2D eigenvalue weighted by Gasteiger charge is -2.37. The van der Waals surface area contributed by atoms with Crippen LogP contribution in [0.25, 0.3) is 0 Å². The molecule has 0 heterocycles. The summed E-state index contributed by atoms with van der Waals surface area (Å²) in [4.78, 5) is 14.5. The van der Waals surface area contributed by atoms with Gasteiger partial charge in [0.15, 0.2) is 0 Å². The van der Waals surface area contributed by atoms with E-state index in [2.05, 4.69) is 41.3 Å². The van der Waals surface area contributed by atoms with Crippen LogP contribution in [0, 0.1) is 5.92 Å². The molecule has 31 heavy (non-hydrogen) atoms. The highest BCUT2D eigenvalue weighted by Crippen LogP contribution is 2.23. The third-order valence-corrected chi connectivity index (χ3v) is 5.69. The van der Waals surface area contributed by atoms with Crippen LogP contribution in [0.15, 0.2) is 91.0 Å². The first kappa shape index (κ1) is 22.7. The van der Waals surface area contributed by atoms with E-state index in [1.807, 2.05) is 54.6 Å². The predicted molar refractivity (Wildman–Crippen MR) is 123 cm³/mol. The molecule has 0 saturated carbocycles. The van der Waals surface area contributed by atoms with Crippen molar-refractivity contribution in [1.82, 2.24) is 4.90 Å². The third-order valence-electron chi connectivity index (χ3n) is 5.69. The quantitative estimate of drug-likeness (QED) is 0.495. The van der Waals surface area contributed by atoms with Gasteiger partial charge in [0.1, 0.15) is 0 Å². The Kier molecular flexibility index (Phi) is 8.39. The number of benzene rings is 3. The van der Waals surface area contributed by atoms with E-state index < -0.39 is 18.0 Å². The second-order valence-corrected chi connectivity index (χ2v) is 7.94. The number of nitrogens with zero attached hydrogens (tertiary/aromatic N) is 1. The topological polar surface area (TPSA) is 49.8 Å². The number of hydrogen-bond acceptors (Lipinski definition) is 4. The standard InChI is InChI=1S/C27H31NO3/c1-21(27(30)31-2)26(29)25(18-22-12-6-3-7-13-22)28(19-23-14-8-4-9-15-23)20-24-16-10-5-11-17-24/h3-17,21,25-26,29H,18-20H2,1-2H3/t21?,25-,26?/m0/s1. The molecule has 0 aliphatic carbocycles. The monoisotopic (exact) mass is 417 g/mol. The minimum atomic E-state index is -0.875. The molecule has 0 aliphatic heterocycles. The van der Waals surface area contributed by atoms with E-state index in [0.29, 0.717) is 19.5 Å². The Labute approximate surface area is 185 Å². The van der Waals surface area contributed by atoms with Crippen LogP contribution in [-0.4, -0.2) is 35.2 Å². The maximum absolute atomic E-state index is 12.2. The summed E-state index contributed by atoms with van der Waals surface area (Å²) in [6, 6.07) is 30.3. The summed E-state index contributed by atoms with van der Waals surface area (Å²) in [5.74, 6) is -1.03. The first-order valence-corrected chi connectivity index (χ1v) is 10.7. The summed E-state index contributed by atoms with van der Waals surface area (Å²) in [7, 11) is 1.36. The molecule has 0 bridgehead atoms. The Morgan fingerprint density at radius 3 is 1.65 bits per heavy atom. The Balaban J connectivity index is 1.96. The van der Waals surface area contributed by atoms with Crippen molar-refractivity contribution in [2.45, 2.75) is 38.6 Å². The van der Waals surface area contributed by atoms with E-state index in [9.17, 15) is 9.90 Å². The average molecular weight is 418 g/mol. The number of carbonyl (C=O) groups is 1. The minimum absolute atomic E-state index is 0.267. The van der Waals surface area contributed by atoms with Crippen LogP contribution in [0.3, 0.4) is 0 Å². The van der Waals surface area contributed by atoms with Gasteiger partial charge in [-0.15, -0.1) is 0 Å². The SMILES string of the molecule is COC(=O)C(C)C(O)[C@H](Cc1ccccc1)N(Cc1ccccc1)Cc1ccccc1. The molecule has 0 radical (unpaired) electrons. The molecule has 0 aliphatic rings. The van der Waals surface area contributed by atoms with E-state index in [0.717, 1.165) is 16.7 Å². The largest absolute Gasteiger partial charge is 0.469 e. The summed E-state index contributed by atoms with van der Waals surface area (Å²) in [6.07, 6.45) is -0.247. The number of aliphatic hydroxyl groups is 1. The highest BCUT2D eigenvalue weighted by molar-refractivity contribution is 5.72. The second-order valence-electron chi connectivity index (χ2n) is 7.94. The zero-order chi connectivity index (χ0) is 22.1. The fraction of sp³-hybridized carbons (Fsp3) is 0.296. The molecule has 4 nitrogen and oxygen atoms in total. The summed E-state index contributed by atoms with van der Waals surface area (Å²) >= 11 is 0. The fourth-order valence-corrected chi connectivity index (χ4v) is 3.91. The maximum Gasteiger partial charge on any atom is 0.311 e. The lowest BCUT2D eigenvalue weighted by atomic mass is 9.91. The number of rotatable bonds is 10. The smallest absolute Gasteiger partial charge is 0.311 e. The molecule has 4 heteroatoms. The summed E-state index contributed by atoms with van der Waals surface area (Å²) in [6.45, 7) is 3.06. The van der Waals surface area contributed by atoms with Crippen LogP contribution in [0.5, 0.6) is 0 Å².